The second kappa shape index (κ2) is 7.10. The molecule has 0 spiro atoms. The molecule has 0 rings (SSSR count). The Labute approximate surface area is 82.0 Å². The van der Waals surface area contributed by atoms with Crippen molar-refractivity contribution < 1.29 is 5.11 Å². The van der Waals surface area contributed by atoms with Crippen LogP contribution in [0, 0.1) is 0 Å². The largest absolute Gasteiger partial charge is 0.395 e. The third kappa shape index (κ3) is 8.00. The highest BCUT2D eigenvalue weighted by Gasteiger charge is 2.04. The fraction of sp³-hybridized carbons (Fsp3) is 0.818. The van der Waals surface area contributed by atoms with Gasteiger partial charge in [-0.2, -0.15) is 0 Å². The van der Waals surface area contributed by atoms with Gasteiger partial charge in [0, 0.05) is 12.1 Å². The standard InChI is InChI=1S/C11H23NO/c1-9(2)6-5-7-10(3)12-11(4)8-13/h6,10-13H,5,7-8H2,1-4H3/t10?,11-/m1/s1. The average Bonchev–Trinajstić information content (AvgIpc) is 2.03. The van der Waals surface area contributed by atoms with Gasteiger partial charge in [-0.25, -0.2) is 0 Å². The monoisotopic (exact) mass is 185 g/mol. The molecule has 0 aliphatic carbocycles. The molecule has 0 saturated heterocycles. The van der Waals surface area contributed by atoms with Crippen LogP contribution < -0.4 is 5.32 Å². The molecule has 0 heterocycles. The number of allylic oxidation sites excluding steroid dienone is 2. The number of hydrogen-bond donors (Lipinski definition) is 2. The molecule has 0 bridgehead atoms. The van der Waals surface area contributed by atoms with Gasteiger partial charge < -0.3 is 10.4 Å². The van der Waals surface area contributed by atoms with Crippen molar-refractivity contribution >= 4 is 0 Å². The van der Waals surface area contributed by atoms with Crippen molar-refractivity contribution in [3.63, 3.8) is 0 Å². The van der Waals surface area contributed by atoms with Crippen molar-refractivity contribution in [1.29, 1.82) is 0 Å². The summed E-state index contributed by atoms with van der Waals surface area (Å²) in [4.78, 5) is 0. The maximum absolute atomic E-state index is 8.82. The van der Waals surface area contributed by atoms with Crippen LogP contribution in [0.1, 0.15) is 40.5 Å². The van der Waals surface area contributed by atoms with Crippen molar-refractivity contribution in [2.75, 3.05) is 6.61 Å². The maximum Gasteiger partial charge on any atom is 0.0582 e. The van der Waals surface area contributed by atoms with Gasteiger partial charge in [-0.05, 0) is 40.5 Å². The first kappa shape index (κ1) is 12.7. The van der Waals surface area contributed by atoms with E-state index in [9.17, 15) is 0 Å². The van der Waals surface area contributed by atoms with Crippen LogP contribution in [0.25, 0.3) is 0 Å². The molecular formula is C11H23NO. The second-order valence-corrected chi connectivity index (χ2v) is 4.01. The lowest BCUT2D eigenvalue weighted by molar-refractivity contribution is 0.241. The fourth-order valence-electron chi connectivity index (χ4n) is 1.24. The lowest BCUT2D eigenvalue weighted by Gasteiger charge is -2.17. The van der Waals surface area contributed by atoms with E-state index < -0.39 is 0 Å². The van der Waals surface area contributed by atoms with E-state index in [-0.39, 0.29) is 12.6 Å². The van der Waals surface area contributed by atoms with Crippen LogP contribution in [0.4, 0.5) is 0 Å². The van der Waals surface area contributed by atoms with Crippen molar-refractivity contribution in [3.8, 4) is 0 Å². The summed E-state index contributed by atoms with van der Waals surface area (Å²) in [5.74, 6) is 0. The molecule has 2 N–H and O–H groups in total. The zero-order valence-electron chi connectivity index (χ0n) is 9.30. The number of aliphatic hydroxyl groups is 1. The molecule has 78 valence electrons. The van der Waals surface area contributed by atoms with Crippen LogP contribution in [0.5, 0.6) is 0 Å². The quantitative estimate of drug-likeness (QED) is 0.621. The third-order valence-electron chi connectivity index (χ3n) is 2.00. The Morgan fingerprint density at radius 1 is 1.31 bits per heavy atom. The molecule has 0 aromatic rings. The minimum Gasteiger partial charge on any atom is -0.395 e. The van der Waals surface area contributed by atoms with Crippen LogP contribution in [-0.2, 0) is 0 Å². The Morgan fingerprint density at radius 2 is 1.92 bits per heavy atom. The molecule has 0 radical (unpaired) electrons. The Kier molecular flexibility index (Phi) is 6.92. The minimum atomic E-state index is 0.210. The van der Waals surface area contributed by atoms with E-state index in [1.807, 2.05) is 6.92 Å². The van der Waals surface area contributed by atoms with Crippen molar-refractivity contribution in [2.45, 2.75) is 52.6 Å². The van der Waals surface area contributed by atoms with Gasteiger partial charge in [0.25, 0.3) is 0 Å². The topological polar surface area (TPSA) is 32.3 Å². The molecule has 0 aliphatic heterocycles. The van der Waals surface area contributed by atoms with E-state index in [4.69, 9.17) is 5.11 Å². The molecule has 0 aliphatic rings. The molecule has 0 amide bonds. The van der Waals surface area contributed by atoms with Crippen LogP contribution >= 0.6 is 0 Å². The highest BCUT2D eigenvalue weighted by molar-refractivity contribution is 4.93. The Balaban J connectivity index is 3.51. The van der Waals surface area contributed by atoms with Gasteiger partial charge in [0.2, 0.25) is 0 Å². The number of rotatable bonds is 6. The van der Waals surface area contributed by atoms with Crippen molar-refractivity contribution in [1.82, 2.24) is 5.32 Å². The second-order valence-electron chi connectivity index (χ2n) is 4.01. The first-order chi connectivity index (χ1) is 6.06. The van der Waals surface area contributed by atoms with E-state index in [2.05, 4.69) is 32.2 Å². The number of aliphatic hydroxyl groups excluding tert-OH is 1. The minimum absolute atomic E-state index is 0.210. The van der Waals surface area contributed by atoms with E-state index in [1.54, 1.807) is 0 Å². The number of hydrogen-bond acceptors (Lipinski definition) is 2. The molecule has 2 heteroatoms. The highest BCUT2D eigenvalue weighted by Crippen LogP contribution is 2.01. The molecular weight excluding hydrogens is 162 g/mol. The molecule has 13 heavy (non-hydrogen) atoms. The Bertz CT molecular complexity index is 150. The molecule has 0 saturated carbocycles. The van der Waals surface area contributed by atoms with Gasteiger partial charge in [0.1, 0.15) is 0 Å². The fourth-order valence-corrected chi connectivity index (χ4v) is 1.24. The van der Waals surface area contributed by atoms with Crippen LogP contribution in [0.15, 0.2) is 11.6 Å². The van der Waals surface area contributed by atoms with Crippen LogP contribution in [-0.4, -0.2) is 23.8 Å². The summed E-state index contributed by atoms with van der Waals surface area (Å²) in [6.45, 7) is 8.61. The van der Waals surface area contributed by atoms with Gasteiger partial charge in [0.05, 0.1) is 6.61 Å². The molecule has 2 nitrogen and oxygen atoms in total. The zero-order chi connectivity index (χ0) is 10.3. The van der Waals surface area contributed by atoms with Crippen molar-refractivity contribution in [3.05, 3.63) is 11.6 Å². The predicted molar refractivity (Wildman–Crippen MR) is 57.8 cm³/mol. The predicted octanol–water partition coefficient (Wildman–Crippen LogP) is 2.09. The van der Waals surface area contributed by atoms with Gasteiger partial charge in [-0.1, -0.05) is 11.6 Å². The first-order valence-electron chi connectivity index (χ1n) is 5.06. The normalized spacial score (nSPS) is 15.2. The van der Waals surface area contributed by atoms with Crippen LogP contribution in [0.3, 0.4) is 0 Å². The SMILES string of the molecule is CC(C)=CCCC(C)N[C@H](C)CO. The third-order valence-corrected chi connectivity index (χ3v) is 2.00. The van der Waals surface area contributed by atoms with E-state index in [0.717, 1.165) is 12.8 Å². The average molecular weight is 185 g/mol. The lowest BCUT2D eigenvalue weighted by Crippen LogP contribution is -2.36. The van der Waals surface area contributed by atoms with E-state index >= 15 is 0 Å². The molecule has 0 fully saturated rings. The maximum atomic E-state index is 8.82. The van der Waals surface area contributed by atoms with Crippen molar-refractivity contribution in [2.24, 2.45) is 0 Å². The van der Waals surface area contributed by atoms with Gasteiger partial charge in [-0.15, -0.1) is 0 Å². The highest BCUT2D eigenvalue weighted by atomic mass is 16.3. The summed E-state index contributed by atoms with van der Waals surface area (Å²) in [5.41, 5.74) is 1.38. The molecule has 0 aromatic carbocycles. The zero-order valence-corrected chi connectivity index (χ0v) is 9.30. The molecule has 2 atom stereocenters. The summed E-state index contributed by atoms with van der Waals surface area (Å²) in [6, 6.07) is 0.694. The summed E-state index contributed by atoms with van der Waals surface area (Å²) < 4.78 is 0. The summed E-state index contributed by atoms with van der Waals surface area (Å²) in [6.07, 6.45) is 4.51. The van der Waals surface area contributed by atoms with E-state index in [1.165, 1.54) is 5.57 Å². The van der Waals surface area contributed by atoms with Crippen LogP contribution in [0.2, 0.25) is 0 Å². The Hall–Kier alpha value is -0.340. The molecule has 1 unspecified atom stereocenters. The number of nitrogens with one attached hydrogen (secondary N) is 1. The van der Waals surface area contributed by atoms with E-state index in [0.29, 0.717) is 6.04 Å². The smallest absolute Gasteiger partial charge is 0.0582 e. The summed E-state index contributed by atoms with van der Waals surface area (Å²) in [7, 11) is 0. The van der Waals surface area contributed by atoms with Gasteiger partial charge in [-0.3, -0.25) is 0 Å². The Morgan fingerprint density at radius 3 is 2.38 bits per heavy atom. The van der Waals surface area contributed by atoms with Gasteiger partial charge >= 0.3 is 0 Å². The molecule has 0 aromatic heterocycles. The first-order valence-corrected chi connectivity index (χ1v) is 5.06. The lowest BCUT2D eigenvalue weighted by atomic mass is 10.1. The summed E-state index contributed by atoms with van der Waals surface area (Å²) >= 11 is 0. The summed E-state index contributed by atoms with van der Waals surface area (Å²) in [5, 5.41) is 12.1. The van der Waals surface area contributed by atoms with Gasteiger partial charge in [0.15, 0.2) is 0 Å².